The number of ether oxygens (including phenoxy) is 1. The molecule has 0 bridgehead atoms. The van der Waals surface area contributed by atoms with Crippen LogP contribution in [0, 0.1) is 0 Å². The number of hydrazone groups is 1. The van der Waals surface area contributed by atoms with Crippen molar-refractivity contribution in [3.8, 4) is 5.75 Å². The van der Waals surface area contributed by atoms with E-state index >= 15 is 0 Å². The lowest BCUT2D eigenvalue weighted by Crippen LogP contribution is -2.63. The second-order valence-electron chi connectivity index (χ2n) is 2.55. The molecule has 0 aliphatic heterocycles. The van der Waals surface area contributed by atoms with Gasteiger partial charge in [-0.05, 0) is 12.1 Å². The maximum atomic E-state index is 5.14. The molecule has 5 N–H and O–H groups in total. The van der Waals surface area contributed by atoms with Crippen molar-refractivity contribution < 1.29 is 9.84 Å². The van der Waals surface area contributed by atoms with Crippen molar-refractivity contribution in [2.75, 3.05) is 7.11 Å². The van der Waals surface area contributed by atoms with E-state index < -0.39 is 0 Å². The van der Waals surface area contributed by atoms with Gasteiger partial charge >= 0.3 is 0 Å². The smallest absolute Gasteiger partial charge is 0.256 e. The molecular weight excluding hydrogens is 180 g/mol. The molecule has 0 atom stereocenters. The Morgan fingerprint density at radius 3 is 2.79 bits per heavy atom. The maximum Gasteiger partial charge on any atom is 0.256 e. The van der Waals surface area contributed by atoms with Gasteiger partial charge in [0.05, 0.1) is 12.7 Å². The van der Waals surface area contributed by atoms with E-state index in [1.54, 1.807) is 13.3 Å². The Morgan fingerprint density at radius 2 is 2.14 bits per heavy atom. The summed E-state index contributed by atoms with van der Waals surface area (Å²) < 4.78 is 5.12. The van der Waals surface area contributed by atoms with Gasteiger partial charge < -0.3 is 16.2 Å². The zero-order valence-corrected chi connectivity index (χ0v) is 7.90. The lowest BCUT2D eigenvalue weighted by molar-refractivity contribution is -0.456. The maximum absolute atomic E-state index is 5.14. The van der Waals surface area contributed by atoms with Crippen LogP contribution in [0.25, 0.3) is 0 Å². The Bertz CT molecular complexity index is 356. The molecule has 74 valence electrons. The van der Waals surface area contributed by atoms with Gasteiger partial charge in [0.2, 0.25) is 6.21 Å². The predicted octanol–water partition coefficient (Wildman–Crippen LogP) is -1.62. The minimum Gasteiger partial charge on any atom is -0.496 e. The second kappa shape index (κ2) is 4.86. The normalized spacial score (nSPS) is 10.1. The summed E-state index contributed by atoms with van der Waals surface area (Å²) >= 11 is 0. The van der Waals surface area contributed by atoms with E-state index in [-0.39, 0.29) is 5.96 Å². The van der Waals surface area contributed by atoms with Crippen LogP contribution in [-0.2, 0) is 0 Å². The number of benzene rings is 1. The fourth-order valence-electron chi connectivity index (χ4n) is 0.962. The van der Waals surface area contributed by atoms with Gasteiger partial charge in [-0.25, -0.2) is 0 Å². The third-order valence-electron chi connectivity index (χ3n) is 1.55. The minimum absolute atomic E-state index is 0.0175. The first-order valence-corrected chi connectivity index (χ1v) is 4.04. The average Bonchev–Trinajstić information content (AvgIpc) is 2.18. The number of nitrogens with two attached hydrogens (primary N) is 2. The first-order valence-electron chi connectivity index (χ1n) is 4.04. The van der Waals surface area contributed by atoms with E-state index in [0.29, 0.717) is 0 Å². The van der Waals surface area contributed by atoms with Crippen molar-refractivity contribution in [1.29, 1.82) is 0 Å². The fraction of sp³-hybridized carbons (Fsp3) is 0.111. The number of hydrogen-bond donors (Lipinski definition) is 3. The predicted molar refractivity (Wildman–Crippen MR) is 54.9 cm³/mol. The molecule has 0 saturated carbocycles. The summed E-state index contributed by atoms with van der Waals surface area (Å²) in [6.07, 6.45) is 1.65. The third kappa shape index (κ3) is 2.78. The molecule has 1 aromatic rings. The van der Waals surface area contributed by atoms with E-state index in [9.17, 15) is 0 Å². The molecule has 0 radical (unpaired) electrons. The molecule has 0 saturated heterocycles. The molecule has 1 aromatic carbocycles. The molecule has 5 nitrogen and oxygen atoms in total. The van der Waals surface area contributed by atoms with E-state index in [1.807, 2.05) is 24.3 Å². The van der Waals surface area contributed by atoms with Crippen molar-refractivity contribution >= 4 is 12.2 Å². The van der Waals surface area contributed by atoms with Crippen LogP contribution in [0.2, 0.25) is 0 Å². The largest absolute Gasteiger partial charge is 0.496 e. The molecule has 14 heavy (non-hydrogen) atoms. The number of hydrogen-bond acceptors (Lipinski definition) is 2. The summed E-state index contributed by atoms with van der Waals surface area (Å²) in [5.41, 5.74) is 11.2. The highest BCUT2D eigenvalue weighted by atomic mass is 16.5. The standard InChI is InChI=1S/C9H12N4O/c1-14-8-5-3-2-4-7(8)6-12-13-9(10)11/h2-6H,1H3,(H4,10,11,13)/p+1. The van der Waals surface area contributed by atoms with Gasteiger partial charge in [-0.15, -0.1) is 5.10 Å². The summed E-state index contributed by atoms with van der Waals surface area (Å²) in [6, 6.07) is 7.51. The van der Waals surface area contributed by atoms with E-state index in [1.165, 1.54) is 0 Å². The monoisotopic (exact) mass is 193 g/mol. The zero-order chi connectivity index (χ0) is 10.4. The lowest BCUT2D eigenvalue weighted by Gasteiger charge is -1.99. The van der Waals surface area contributed by atoms with Gasteiger partial charge in [0.15, 0.2) is 0 Å². The highest BCUT2D eigenvalue weighted by Gasteiger charge is 1.99. The molecule has 0 fully saturated rings. The van der Waals surface area contributed by atoms with Crippen LogP contribution < -0.4 is 21.3 Å². The number of nitrogens with zero attached hydrogens (tertiary/aromatic N) is 1. The number of nitrogens with one attached hydrogen (secondary N) is 1. The first-order chi connectivity index (χ1) is 6.74. The number of rotatable bonds is 3. The molecule has 0 heterocycles. The zero-order valence-electron chi connectivity index (χ0n) is 7.90. The molecule has 0 aromatic heterocycles. The summed E-state index contributed by atoms with van der Waals surface area (Å²) in [5, 5.41) is 6.22. The SMILES string of the molecule is COc1ccccc1C=[NH+]N=C(N)N. The van der Waals surface area contributed by atoms with Gasteiger partial charge in [-0.3, -0.25) is 0 Å². The molecule has 1 rings (SSSR count). The van der Waals surface area contributed by atoms with Gasteiger partial charge in [0.25, 0.3) is 5.96 Å². The molecule has 0 unspecified atom stereocenters. The highest BCUT2D eigenvalue weighted by molar-refractivity contribution is 5.80. The van der Waals surface area contributed by atoms with Crippen LogP contribution in [-0.4, -0.2) is 19.3 Å². The van der Waals surface area contributed by atoms with Gasteiger partial charge in [-0.2, -0.15) is 0 Å². The topological polar surface area (TPSA) is 87.6 Å². The van der Waals surface area contributed by atoms with Crippen LogP contribution in [0.1, 0.15) is 5.56 Å². The van der Waals surface area contributed by atoms with Crippen LogP contribution >= 0.6 is 0 Å². The Hall–Kier alpha value is -2.04. The third-order valence-corrected chi connectivity index (χ3v) is 1.55. The Labute approximate surface area is 82.1 Å². The van der Waals surface area contributed by atoms with E-state index in [2.05, 4.69) is 10.2 Å². The lowest BCUT2D eigenvalue weighted by atomic mass is 10.2. The molecule has 0 aliphatic rings. The van der Waals surface area contributed by atoms with Crippen LogP contribution in [0.3, 0.4) is 0 Å². The molecule has 0 spiro atoms. The first kappa shape index (κ1) is 10.0. The number of para-hydroxylation sites is 1. The Kier molecular flexibility index (Phi) is 3.49. The van der Waals surface area contributed by atoms with Crippen molar-refractivity contribution in [1.82, 2.24) is 0 Å². The van der Waals surface area contributed by atoms with Crippen LogP contribution in [0.4, 0.5) is 0 Å². The number of methoxy groups -OCH3 is 1. The molecule has 0 aliphatic carbocycles. The molecule has 5 heteroatoms. The van der Waals surface area contributed by atoms with E-state index in [4.69, 9.17) is 16.2 Å². The Morgan fingerprint density at radius 1 is 1.43 bits per heavy atom. The van der Waals surface area contributed by atoms with E-state index in [0.717, 1.165) is 11.3 Å². The molecule has 0 amide bonds. The Balaban J connectivity index is 2.85. The summed E-state index contributed by atoms with van der Waals surface area (Å²) in [4.78, 5) is 0. The van der Waals surface area contributed by atoms with Gasteiger partial charge in [0.1, 0.15) is 5.75 Å². The highest BCUT2D eigenvalue weighted by Crippen LogP contribution is 2.13. The van der Waals surface area contributed by atoms with Crippen molar-refractivity contribution in [2.45, 2.75) is 0 Å². The summed E-state index contributed by atoms with van der Waals surface area (Å²) in [6.45, 7) is 0. The van der Waals surface area contributed by atoms with Crippen LogP contribution in [0.15, 0.2) is 29.4 Å². The molecular formula is C9H13N4O+. The van der Waals surface area contributed by atoms with Crippen molar-refractivity contribution in [3.63, 3.8) is 0 Å². The summed E-state index contributed by atoms with van der Waals surface area (Å²) in [7, 11) is 1.60. The fourth-order valence-corrected chi connectivity index (χ4v) is 0.962. The second-order valence-corrected chi connectivity index (χ2v) is 2.55. The van der Waals surface area contributed by atoms with Crippen molar-refractivity contribution in [3.05, 3.63) is 29.8 Å². The van der Waals surface area contributed by atoms with Crippen molar-refractivity contribution in [2.24, 2.45) is 16.6 Å². The number of guanidine groups is 1. The van der Waals surface area contributed by atoms with Gasteiger partial charge in [-0.1, -0.05) is 12.1 Å². The average molecular weight is 193 g/mol. The minimum atomic E-state index is -0.0175. The van der Waals surface area contributed by atoms with Gasteiger partial charge in [0, 0.05) is 5.10 Å². The van der Waals surface area contributed by atoms with Crippen LogP contribution in [0.5, 0.6) is 5.75 Å². The quantitative estimate of drug-likeness (QED) is 0.306. The summed E-state index contributed by atoms with van der Waals surface area (Å²) in [5.74, 6) is 0.738.